The Balaban J connectivity index is 1.82. The van der Waals surface area contributed by atoms with Gasteiger partial charge in [0.25, 0.3) is 0 Å². The van der Waals surface area contributed by atoms with Crippen LogP contribution in [0.15, 0.2) is 36.5 Å². The van der Waals surface area contributed by atoms with Crippen LogP contribution in [-0.4, -0.2) is 9.55 Å². The molecule has 22 heavy (non-hydrogen) atoms. The van der Waals surface area contributed by atoms with Gasteiger partial charge in [-0.1, -0.05) is 56.5 Å². The number of aryl methyl sites for hydroxylation is 4. The van der Waals surface area contributed by atoms with E-state index in [0.717, 1.165) is 25.8 Å². The van der Waals surface area contributed by atoms with Crippen LogP contribution in [0.2, 0.25) is 0 Å². The van der Waals surface area contributed by atoms with Gasteiger partial charge in [-0.05, 0) is 38.2 Å². The molecule has 2 rings (SSSR count). The highest BCUT2D eigenvalue weighted by Gasteiger charge is 2.06. The summed E-state index contributed by atoms with van der Waals surface area (Å²) in [6.07, 6.45) is 12.1. The van der Waals surface area contributed by atoms with E-state index >= 15 is 0 Å². The molecule has 2 aromatic rings. The third kappa shape index (κ3) is 5.32. The molecule has 1 aromatic carbocycles. The molecule has 0 spiro atoms. The molecule has 0 fully saturated rings. The minimum absolute atomic E-state index is 1.04. The molecule has 2 heteroatoms. The summed E-state index contributed by atoms with van der Waals surface area (Å²) in [6, 6.07) is 10.7. The van der Waals surface area contributed by atoms with E-state index in [1.807, 2.05) is 0 Å². The summed E-state index contributed by atoms with van der Waals surface area (Å²) in [5.74, 6) is 1.29. The fraction of sp³-hybridized carbons (Fsp3) is 0.550. The zero-order valence-electron chi connectivity index (χ0n) is 14.2. The largest absolute Gasteiger partial charge is 0.335 e. The molecule has 0 N–H and O–H groups in total. The minimum atomic E-state index is 1.04. The summed E-state index contributed by atoms with van der Waals surface area (Å²) in [5.41, 5.74) is 2.69. The zero-order valence-corrected chi connectivity index (χ0v) is 14.2. The molecule has 0 unspecified atom stereocenters. The van der Waals surface area contributed by atoms with E-state index in [9.17, 15) is 0 Å². The average molecular weight is 298 g/mol. The van der Waals surface area contributed by atoms with Gasteiger partial charge in [-0.3, -0.25) is 0 Å². The molecule has 0 aliphatic rings. The second-order valence-corrected chi connectivity index (χ2v) is 6.08. The van der Waals surface area contributed by atoms with Gasteiger partial charge in [-0.25, -0.2) is 4.98 Å². The van der Waals surface area contributed by atoms with Crippen LogP contribution in [0.1, 0.15) is 63.0 Å². The summed E-state index contributed by atoms with van der Waals surface area (Å²) in [6.45, 7) is 5.51. The minimum Gasteiger partial charge on any atom is -0.335 e. The Morgan fingerprint density at radius 1 is 0.864 bits per heavy atom. The Morgan fingerprint density at radius 3 is 2.41 bits per heavy atom. The lowest BCUT2D eigenvalue weighted by Gasteiger charge is -2.03. The maximum atomic E-state index is 4.87. The van der Waals surface area contributed by atoms with E-state index in [1.54, 1.807) is 0 Å². The number of hydrogen-bond acceptors (Lipinski definition) is 1. The van der Waals surface area contributed by atoms with E-state index in [2.05, 4.69) is 54.9 Å². The summed E-state index contributed by atoms with van der Waals surface area (Å²) >= 11 is 0. The summed E-state index contributed by atoms with van der Waals surface area (Å²) in [5, 5.41) is 0. The number of unbranched alkanes of at least 4 members (excludes halogenated alkanes) is 3. The first-order valence-electron chi connectivity index (χ1n) is 8.92. The van der Waals surface area contributed by atoms with Crippen molar-refractivity contribution in [2.24, 2.45) is 0 Å². The van der Waals surface area contributed by atoms with Crippen molar-refractivity contribution in [3.63, 3.8) is 0 Å². The number of benzene rings is 1. The van der Waals surface area contributed by atoms with Gasteiger partial charge < -0.3 is 4.57 Å². The Bertz CT molecular complexity index is 528. The van der Waals surface area contributed by atoms with Crippen molar-refractivity contribution in [2.75, 3.05) is 0 Å². The standard InChI is InChI=1S/C20H30N2/c1-3-5-6-10-16-20-21-19(17-22(20)4-2)15-11-14-18-12-8-7-9-13-18/h7-9,12-13,17H,3-6,10-11,14-16H2,1-2H3. The maximum Gasteiger partial charge on any atom is 0.108 e. The van der Waals surface area contributed by atoms with Crippen LogP contribution in [-0.2, 0) is 25.8 Å². The molecule has 0 aliphatic heterocycles. The lowest BCUT2D eigenvalue weighted by atomic mass is 10.1. The molecule has 0 bridgehead atoms. The molecule has 2 nitrogen and oxygen atoms in total. The third-order valence-electron chi connectivity index (χ3n) is 4.24. The molecule has 120 valence electrons. The van der Waals surface area contributed by atoms with Crippen molar-refractivity contribution < 1.29 is 0 Å². The van der Waals surface area contributed by atoms with Crippen LogP contribution < -0.4 is 0 Å². The van der Waals surface area contributed by atoms with Gasteiger partial charge in [0.2, 0.25) is 0 Å². The number of hydrogen-bond donors (Lipinski definition) is 0. The van der Waals surface area contributed by atoms with Gasteiger partial charge >= 0.3 is 0 Å². The summed E-state index contributed by atoms with van der Waals surface area (Å²) in [4.78, 5) is 4.87. The maximum absolute atomic E-state index is 4.87. The Labute approximate surface area is 135 Å². The molecule has 1 aromatic heterocycles. The molecule has 0 radical (unpaired) electrons. The monoisotopic (exact) mass is 298 g/mol. The Morgan fingerprint density at radius 2 is 1.68 bits per heavy atom. The molecule has 0 saturated carbocycles. The summed E-state index contributed by atoms with van der Waals surface area (Å²) < 4.78 is 2.34. The molecule has 0 saturated heterocycles. The molecule has 0 aliphatic carbocycles. The molecular weight excluding hydrogens is 268 g/mol. The number of aromatic nitrogens is 2. The quantitative estimate of drug-likeness (QED) is 0.551. The van der Waals surface area contributed by atoms with Crippen molar-refractivity contribution in [3.05, 3.63) is 53.6 Å². The fourth-order valence-electron chi connectivity index (χ4n) is 2.94. The topological polar surface area (TPSA) is 17.8 Å². The molecule has 0 atom stereocenters. The van der Waals surface area contributed by atoms with Crippen LogP contribution in [0.3, 0.4) is 0 Å². The SMILES string of the molecule is CCCCCCc1nc(CCCc2ccccc2)cn1CC. The lowest BCUT2D eigenvalue weighted by Crippen LogP contribution is -2.00. The Kier molecular flexibility index (Phi) is 7.21. The number of nitrogens with zero attached hydrogens (tertiary/aromatic N) is 2. The average Bonchev–Trinajstić information content (AvgIpc) is 2.95. The van der Waals surface area contributed by atoms with Crippen molar-refractivity contribution in [3.8, 4) is 0 Å². The first kappa shape index (κ1) is 16.8. The van der Waals surface area contributed by atoms with Crippen molar-refractivity contribution in [1.82, 2.24) is 9.55 Å². The van der Waals surface area contributed by atoms with Crippen LogP contribution in [0, 0.1) is 0 Å². The Hall–Kier alpha value is -1.57. The highest BCUT2D eigenvalue weighted by Crippen LogP contribution is 2.12. The van der Waals surface area contributed by atoms with Crippen LogP contribution in [0.5, 0.6) is 0 Å². The van der Waals surface area contributed by atoms with E-state index in [4.69, 9.17) is 4.98 Å². The predicted molar refractivity (Wildman–Crippen MR) is 94.2 cm³/mol. The molecule has 1 heterocycles. The van der Waals surface area contributed by atoms with E-state index < -0.39 is 0 Å². The van der Waals surface area contributed by atoms with Crippen LogP contribution in [0.25, 0.3) is 0 Å². The van der Waals surface area contributed by atoms with Crippen molar-refractivity contribution >= 4 is 0 Å². The van der Waals surface area contributed by atoms with Crippen molar-refractivity contribution in [1.29, 1.82) is 0 Å². The number of rotatable bonds is 10. The van der Waals surface area contributed by atoms with Gasteiger partial charge in [0.1, 0.15) is 5.82 Å². The molecule has 0 amide bonds. The smallest absolute Gasteiger partial charge is 0.108 e. The van der Waals surface area contributed by atoms with Gasteiger partial charge in [0.15, 0.2) is 0 Å². The predicted octanol–water partition coefficient (Wildman–Crippen LogP) is 5.20. The zero-order chi connectivity index (χ0) is 15.6. The normalized spacial score (nSPS) is 11.0. The lowest BCUT2D eigenvalue weighted by molar-refractivity contribution is 0.620. The molecular formula is C20H30N2. The van der Waals surface area contributed by atoms with E-state index in [-0.39, 0.29) is 0 Å². The van der Waals surface area contributed by atoms with Gasteiger partial charge in [0.05, 0.1) is 5.69 Å². The highest BCUT2D eigenvalue weighted by molar-refractivity contribution is 5.15. The van der Waals surface area contributed by atoms with Crippen LogP contribution >= 0.6 is 0 Å². The third-order valence-corrected chi connectivity index (χ3v) is 4.24. The van der Waals surface area contributed by atoms with Gasteiger partial charge in [0, 0.05) is 19.2 Å². The second kappa shape index (κ2) is 9.45. The second-order valence-electron chi connectivity index (χ2n) is 6.08. The number of imidazole rings is 1. The fourth-order valence-corrected chi connectivity index (χ4v) is 2.94. The van der Waals surface area contributed by atoms with E-state index in [1.165, 1.54) is 49.2 Å². The summed E-state index contributed by atoms with van der Waals surface area (Å²) in [7, 11) is 0. The van der Waals surface area contributed by atoms with Crippen molar-refractivity contribution in [2.45, 2.75) is 71.8 Å². The van der Waals surface area contributed by atoms with Gasteiger partial charge in [-0.15, -0.1) is 0 Å². The highest BCUT2D eigenvalue weighted by atomic mass is 15.1. The van der Waals surface area contributed by atoms with Gasteiger partial charge in [-0.2, -0.15) is 0 Å². The van der Waals surface area contributed by atoms with E-state index in [0.29, 0.717) is 0 Å². The van der Waals surface area contributed by atoms with Crippen LogP contribution in [0.4, 0.5) is 0 Å². The first-order valence-corrected chi connectivity index (χ1v) is 8.92. The first-order chi connectivity index (χ1) is 10.8.